The van der Waals surface area contributed by atoms with Gasteiger partial charge in [-0.1, -0.05) is 32.0 Å². The number of carbonyl (C=O) groups excluding carboxylic acids is 1. The summed E-state index contributed by atoms with van der Waals surface area (Å²) in [5.74, 6) is 1.75. The fourth-order valence-electron chi connectivity index (χ4n) is 4.71. The first kappa shape index (κ1) is 23.6. The van der Waals surface area contributed by atoms with Crippen molar-refractivity contribution in [2.24, 2.45) is 11.8 Å². The number of amides is 1. The first-order valence-corrected chi connectivity index (χ1v) is 13.0. The van der Waals surface area contributed by atoms with Crippen LogP contribution in [0.4, 0.5) is 0 Å². The molecule has 1 amide bonds. The Hall–Kier alpha value is -2.58. The van der Waals surface area contributed by atoms with Gasteiger partial charge in [0.15, 0.2) is 11.5 Å². The van der Waals surface area contributed by atoms with Crippen molar-refractivity contribution in [2.75, 3.05) is 32.8 Å². The third-order valence-corrected chi connectivity index (χ3v) is 8.06. The molecule has 1 fully saturated rings. The van der Waals surface area contributed by atoms with Crippen LogP contribution in [0.25, 0.3) is 0 Å². The van der Waals surface area contributed by atoms with Crippen LogP contribution in [0.1, 0.15) is 43.1 Å². The van der Waals surface area contributed by atoms with Crippen molar-refractivity contribution in [2.45, 2.75) is 38.6 Å². The monoisotopic (exact) mass is 472 g/mol. The Morgan fingerprint density at radius 1 is 1.06 bits per heavy atom. The zero-order valence-corrected chi connectivity index (χ0v) is 20.3. The number of piperidine rings is 1. The van der Waals surface area contributed by atoms with Gasteiger partial charge >= 0.3 is 0 Å². The van der Waals surface area contributed by atoms with Gasteiger partial charge in [0.25, 0.3) is 5.91 Å². The van der Waals surface area contributed by atoms with Crippen molar-refractivity contribution in [3.63, 3.8) is 0 Å². The van der Waals surface area contributed by atoms with E-state index in [9.17, 15) is 13.2 Å². The van der Waals surface area contributed by atoms with E-state index in [4.69, 9.17) is 9.47 Å². The minimum absolute atomic E-state index is 0.166. The summed E-state index contributed by atoms with van der Waals surface area (Å²) in [6, 6.07) is 12.1. The van der Waals surface area contributed by atoms with Crippen molar-refractivity contribution in [3.8, 4) is 11.5 Å². The van der Waals surface area contributed by atoms with E-state index >= 15 is 0 Å². The number of rotatable bonds is 6. The molecule has 0 bridgehead atoms. The van der Waals surface area contributed by atoms with Crippen LogP contribution < -0.4 is 9.47 Å². The summed E-state index contributed by atoms with van der Waals surface area (Å²) < 4.78 is 39.6. The number of nitrogens with zero attached hydrogens (tertiary/aromatic N) is 2. The molecule has 0 radical (unpaired) electrons. The van der Waals surface area contributed by atoms with E-state index < -0.39 is 10.0 Å². The number of hydrogen-bond donors (Lipinski definition) is 0. The van der Waals surface area contributed by atoms with E-state index in [1.54, 1.807) is 27.4 Å². The van der Waals surface area contributed by atoms with Gasteiger partial charge < -0.3 is 14.4 Å². The molecule has 2 unspecified atom stereocenters. The molecule has 7 nitrogen and oxygen atoms in total. The molecule has 0 spiro atoms. The first-order valence-electron chi connectivity index (χ1n) is 11.6. The van der Waals surface area contributed by atoms with Crippen LogP contribution in [-0.2, 0) is 16.6 Å². The first-order chi connectivity index (χ1) is 15.8. The van der Waals surface area contributed by atoms with Crippen molar-refractivity contribution < 1.29 is 22.7 Å². The van der Waals surface area contributed by atoms with Crippen molar-refractivity contribution in [1.82, 2.24) is 9.21 Å². The summed E-state index contributed by atoms with van der Waals surface area (Å²) in [4.78, 5) is 15.2. The Labute approximate surface area is 196 Å². The number of fused-ring (bicyclic) bond motifs is 1. The second-order valence-electron chi connectivity index (χ2n) is 9.06. The third-order valence-electron chi connectivity index (χ3n) is 6.23. The minimum atomic E-state index is -3.66. The van der Waals surface area contributed by atoms with Crippen molar-refractivity contribution in [1.29, 1.82) is 0 Å². The van der Waals surface area contributed by atoms with Crippen LogP contribution in [0.2, 0.25) is 0 Å². The van der Waals surface area contributed by atoms with Crippen LogP contribution in [0, 0.1) is 11.8 Å². The maximum atomic E-state index is 13.4. The molecule has 4 rings (SSSR count). The van der Waals surface area contributed by atoms with Crippen LogP contribution in [0.3, 0.4) is 0 Å². The van der Waals surface area contributed by atoms with E-state index in [0.717, 1.165) is 12.0 Å². The Kier molecular flexibility index (Phi) is 6.95. The largest absolute Gasteiger partial charge is 0.486 e. The lowest BCUT2D eigenvalue weighted by molar-refractivity contribution is 0.0749. The SMILES string of the molecule is CCN(Cc1cccc2c1OCCO2)C(=O)c1cccc(S(=O)(=O)N2CC(C)CC(C)C2)c1. The van der Waals surface area contributed by atoms with Crippen LogP contribution in [-0.4, -0.2) is 56.4 Å². The average Bonchev–Trinajstić information content (AvgIpc) is 2.81. The van der Waals surface area contributed by atoms with E-state index in [1.807, 2.05) is 25.1 Å². The lowest BCUT2D eigenvalue weighted by atomic mass is 9.94. The Balaban J connectivity index is 1.57. The van der Waals surface area contributed by atoms with E-state index in [2.05, 4.69) is 13.8 Å². The number of benzene rings is 2. The third kappa shape index (κ3) is 5.01. The van der Waals surface area contributed by atoms with Gasteiger partial charge in [0.05, 0.1) is 4.90 Å². The predicted molar refractivity (Wildman–Crippen MR) is 126 cm³/mol. The Bertz CT molecular complexity index is 1110. The Morgan fingerprint density at radius 3 is 2.48 bits per heavy atom. The van der Waals surface area contributed by atoms with Gasteiger partial charge in [0.2, 0.25) is 10.0 Å². The number of sulfonamides is 1. The highest BCUT2D eigenvalue weighted by atomic mass is 32.2. The fourth-order valence-corrected chi connectivity index (χ4v) is 6.44. The number of carbonyl (C=O) groups is 1. The molecule has 2 aliphatic heterocycles. The van der Waals surface area contributed by atoms with Gasteiger partial charge in [-0.3, -0.25) is 4.79 Å². The van der Waals surface area contributed by atoms with Gasteiger partial charge in [-0.2, -0.15) is 4.31 Å². The summed E-state index contributed by atoms with van der Waals surface area (Å²) >= 11 is 0. The molecule has 0 saturated carbocycles. The van der Waals surface area contributed by atoms with Crippen molar-refractivity contribution >= 4 is 15.9 Å². The molecule has 0 aromatic heterocycles. The van der Waals surface area contributed by atoms with Crippen LogP contribution in [0.5, 0.6) is 11.5 Å². The lowest BCUT2D eigenvalue weighted by Crippen LogP contribution is -2.42. The number of para-hydroxylation sites is 1. The zero-order valence-electron chi connectivity index (χ0n) is 19.5. The summed E-state index contributed by atoms with van der Waals surface area (Å²) in [6.45, 7) is 8.87. The topological polar surface area (TPSA) is 76.1 Å². The number of ether oxygens (including phenoxy) is 2. The molecule has 2 aromatic rings. The molecule has 0 N–H and O–H groups in total. The molecule has 8 heteroatoms. The molecule has 2 atom stereocenters. The van der Waals surface area contributed by atoms with Crippen LogP contribution in [0.15, 0.2) is 47.4 Å². The molecule has 1 saturated heterocycles. The summed E-state index contributed by atoms with van der Waals surface area (Å²) in [5.41, 5.74) is 1.22. The summed E-state index contributed by atoms with van der Waals surface area (Å²) in [6.07, 6.45) is 1.02. The molecular weight excluding hydrogens is 440 g/mol. The van der Waals surface area contributed by atoms with Gasteiger partial charge in [0, 0.05) is 37.3 Å². The minimum Gasteiger partial charge on any atom is -0.486 e. The maximum Gasteiger partial charge on any atom is 0.254 e. The molecular formula is C25H32N2O5S. The standard InChI is InChI=1S/C25H32N2O5S/c1-4-26(17-21-8-6-10-23-24(21)32-12-11-31-23)25(28)20-7-5-9-22(14-20)33(29,30)27-15-18(2)13-19(3)16-27/h5-10,14,18-19H,4,11-13,15-17H2,1-3H3. The average molecular weight is 473 g/mol. The molecule has 2 aliphatic rings. The summed E-state index contributed by atoms with van der Waals surface area (Å²) in [7, 11) is -3.66. The number of hydrogen-bond acceptors (Lipinski definition) is 5. The summed E-state index contributed by atoms with van der Waals surface area (Å²) in [5, 5.41) is 0. The van der Waals surface area contributed by atoms with Gasteiger partial charge in [-0.25, -0.2) is 8.42 Å². The molecule has 0 aliphatic carbocycles. The highest BCUT2D eigenvalue weighted by Crippen LogP contribution is 2.34. The molecule has 2 aromatic carbocycles. The normalized spacial score (nSPS) is 20.9. The van der Waals surface area contributed by atoms with E-state index in [1.165, 1.54) is 6.07 Å². The van der Waals surface area contributed by atoms with Gasteiger partial charge in [0.1, 0.15) is 13.2 Å². The second kappa shape index (κ2) is 9.73. The zero-order chi connectivity index (χ0) is 23.6. The van der Waals surface area contributed by atoms with E-state index in [0.29, 0.717) is 68.3 Å². The fraction of sp³-hybridized carbons (Fsp3) is 0.480. The van der Waals surface area contributed by atoms with Crippen molar-refractivity contribution in [3.05, 3.63) is 53.6 Å². The molecule has 33 heavy (non-hydrogen) atoms. The van der Waals surface area contributed by atoms with Crippen LogP contribution >= 0.6 is 0 Å². The predicted octanol–water partition coefficient (Wildman–Crippen LogP) is 3.79. The quantitative estimate of drug-likeness (QED) is 0.639. The van der Waals surface area contributed by atoms with Gasteiger partial charge in [-0.15, -0.1) is 0 Å². The van der Waals surface area contributed by atoms with E-state index in [-0.39, 0.29) is 10.8 Å². The molecule has 178 valence electrons. The lowest BCUT2D eigenvalue weighted by Gasteiger charge is -2.34. The van der Waals surface area contributed by atoms with Gasteiger partial charge in [-0.05, 0) is 49.4 Å². The highest BCUT2D eigenvalue weighted by molar-refractivity contribution is 7.89. The Morgan fingerprint density at radius 2 is 1.76 bits per heavy atom. The molecule has 2 heterocycles. The maximum absolute atomic E-state index is 13.4. The second-order valence-corrected chi connectivity index (χ2v) is 11.0. The highest BCUT2D eigenvalue weighted by Gasteiger charge is 2.32. The smallest absolute Gasteiger partial charge is 0.254 e.